The van der Waals surface area contributed by atoms with E-state index in [9.17, 15) is 14.4 Å². The first-order valence-corrected chi connectivity index (χ1v) is 9.69. The van der Waals surface area contributed by atoms with Gasteiger partial charge >= 0.3 is 12.0 Å². The number of hydrogen-bond donors (Lipinski definition) is 2. The van der Waals surface area contributed by atoms with Crippen LogP contribution < -0.4 is 15.4 Å². The van der Waals surface area contributed by atoms with E-state index < -0.39 is 24.5 Å². The molecule has 1 aromatic heterocycles. The number of amides is 3. The number of imide groups is 1. The highest BCUT2D eigenvalue weighted by Gasteiger charge is 2.18. The lowest BCUT2D eigenvalue weighted by Gasteiger charge is -2.12. The molecule has 0 saturated carbocycles. The van der Waals surface area contributed by atoms with E-state index in [1.54, 1.807) is 38.1 Å². The van der Waals surface area contributed by atoms with Crippen molar-refractivity contribution in [2.24, 2.45) is 0 Å². The number of pyridine rings is 1. The number of nitrogens with zero attached hydrogens (tertiary/aromatic N) is 1. The minimum Gasteiger partial charge on any atom is -0.497 e. The molecule has 0 bridgehead atoms. The summed E-state index contributed by atoms with van der Waals surface area (Å²) in [5, 5.41) is 5.16. The number of nitrogens with one attached hydrogen (secondary N) is 2. The standard InChI is InChI=1S/C23H23N3O5/c1-14(2)24-23(29)26-21(27)13-31-22(28)18-12-20(15-7-5-4-6-8-15)25-19-10-9-16(30-3)11-17(18)19/h4-12,14H,13H2,1-3H3,(H2,24,26,27,29). The van der Waals surface area contributed by atoms with E-state index in [0.29, 0.717) is 22.3 Å². The molecule has 0 atom stereocenters. The van der Waals surface area contributed by atoms with E-state index in [0.717, 1.165) is 5.56 Å². The maximum absolute atomic E-state index is 12.8. The predicted molar refractivity (Wildman–Crippen MR) is 116 cm³/mol. The summed E-state index contributed by atoms with van der Waals surface area (Å²) in [5.74, 6) is -0.887. The summed E-state index contributed by atoms with van der Waals surface area (Å²) in [6, 6.07) is 15.4. The van der Waals surface area contributed by atoms with Gasteiger partial charge in [-0.15, -0.1) is 0 Å². The zero-order chi connectivity index (χ0) is 22.4. The molecule has 0 spiro atoms. The van der Waals surface area contributed by atoms with Crippen molar-refractivity contribution in [1.82, 2.24) is 15.6 Å². The topological polar surface area (TPSA) is 107 Å². The molecule has 1 heterocycles. The molecule has 2 N–H and O–H groups in total. The third-order valence-electron chi connectivity index (χ3n) is 4.31. The van der Waals surface area contributed by atoms with Crippen LogP contribution in [-0.2, 0) is 9.53 Å². The Labute approximate surface area is 179 Å². The van der Waals surface area contributed by atoms with Crippen molar-refractivity contribution in [3.8, 4) is 17.0 Å². The van der Waals surface area contributed by atoms with Crippen LogP contribution >= 0.6 is 0 Å². The van der Waals surface area contributed by atoms with Crippen LogP contribution in [0.5, 0.6) is 5.75 Å². The van der Waals surface area contributed by atoms with Crippen LogP contribution in [0.1, 0.15) is 24.2 Å². The molecule has 0 aliphatic heterocycles. The van der Waals surface area contributed by atoms with E-state index in [2.05, 4.69) is 15.6 Å². The fraction of sp³-hybridized carbons (Fsp3) is 0.217. The van der Waals surface area contributed by atoms with Crippen molar-refractivity contribution in [2.75, 3.05) is 13.7 Å². The second-order valence-electron chi connectivity index (χ2n) is 7.06. The van der Waals surface area contributed by atoms with E-state index in [1.807, 2.05) is 30.3 Å². The minimum atomic E-state index is -0.731. The molecule has 8 nitrogen and oxygen atoms in total. The SMILES string of the molecule is COc1ccc2nc(-c3ccccc3)cc(C(=O)OCC(=O)NC(=O)NC(C)C)c2c1. The number of methoxy groups -OCH3 is 1. The second-order valence-corrected chi connectivity index (χ2v) is 7.06. The molecule has 3 aromatic rings. The summed E-state index contributed by atoms with van der Waals surface area (Å²) in [6.07, 6.45) is 0. The average molecular weight is 421 g/mol. The third-order valence-corrected chi connectivity index (χ3v) is 4.31. The Kier molecular flexibility index (Phi) is 6.81. The molecule has 0 fully saturated rings. The summed E-state index contributed by atoms with van der Waals surface area (Å²) in [7, 11) is 1.53. The molecule has 0 aliphatic rings. The summed E-state index contributed by atoms with van der Waals surface area (Å²) in [6.45, 7) is 2.92. The number of aromatic nitrogens is 1. The molecule has 0 saturated heterocycles. The van der Waals surface area contributed by atoms with Crippen LogP contribution in [0.4, 0.5) is 4.79 Å². The predicted octanol–water partition coefficient (Wildman–Crippen LogP) is 3.30. The maximum Gasteiger partial charge on any atom is 0.339 e. The monoisotopic (exact) mass is 421 g/mol. The first-order valence-electron chi connectivity index (χ1n) is 9.69. The van der Waals surface area contributed by atoms with Crippen LogP contribution in [0.15, 0.2) is 54.6 Å². The molecule has 8 heteroatoms. The molecule has 3 amide bonds. The Hall–Kier alpha value is -3.94. The number of carbonyl (C=O) groups excluding carboxylic acids is 3. The Bertz CT molecular complexity index is 1110. The number of urea groups is 1. The fourth-order valence-corrected chi connectivity index (χ4v) is 2.93. The number of ether oxygens (including phenoxy) is 2. The van der Waals surface area contributed by atoms with Gasteiger partial charge in [0.1, 0.15) is 5.75 Å². The van der Waals surface area contributed by atoms with Gasteiger partial charge in [0.2, 0.25) is 0 Å². The molecule has 31 heavy (non-hydrogen) atoms. The second kappa shape index (κ2) is 9.71. The molecule has 3 rings (SSSR count). The van der Waals surface area contributed by atoms with Crippen molar-refractivity contribution in [2.45, 2.75) is 19.9 Å². The van der Waals surface area contributed by atoms with Gasteiger partial charge in [-0.2, -0.15) is 0 Å². The van der Waals surface area contributed by atoms with Crippen molar-refractivity contribution >= 4 is 28.8 Å². The van der Waals surface area contributed by atoms with Gasteiger partial charge in [0, 0.05) is 17.0 Å². The molecular weight excluding hydrogens is 398 g/mol. The normalized spacial score (nSPS) is 10.6. The molecular formula is C23H23N3O5. The lowest BCUT2D eigenvalue weighted by molar-refractivity contribution is -0.123. The maximum atomic E-state index is 12.8. The third kappa shape index (κ3) is 5.57. The van der Waals surface area contributed by atoms with E-state index in [4.69, 9.17) is 9.47 Å². The van der Waals surface area contributed by atoms with E-state index in [-0.39, 0.29) is 11.6 Å². The van der Waals surface area contributed by atoms with Gasteiger partial charge in [-0.3, -0.25) is 10.1 Å². The van der Waals surface area contributed by atoms with Gasteiger partial charge in [-0.05, 0) is 38.1 Å². The number of hydrogen-bond acceptors (Lipinski definition) is 6. The van der Waals surface area contributed by atoms with Crippen LogP contribution in [0.3, 0.4) is 0 Å². The Morgan fingerprint density at radius 3 is 2.45 bits per heavy atom. The van der Waals surface area contributed by atoms with Crippen molar-refractivity contribution in [3.63, 3.8) is 0 Å². The summed E-state index contributed by atoms with van der Waals surface area (Å²) < 4.78 is 10.4. The molecule has 0 radical (unpaired) electrons. The summed E-state index contributed by atoms with van der Waals surface area (Å²) in [5.41, 5.74) is 2.24. The highest BCUT2D eigenvalue weighted by atomic mass is 16.5. The van der Waals surface area contributed by atoms with Crippen molar-refractivity contribution < 1.29 is 23.9 Å². The van der Waals surface area contributed by atoms with Gasteiger partial charge in [0.05, 0.1) is 23.9 Å². The van der Waals surface area contributed by atoms with Crippen molar-refractivity contribution in [3.05, 3.63) is 60.2 Å². The number of rotatable bonds is 6. The van der Waals surface area contributed by atoms with Crippen molar-refractivity contribution in [1.29, 1.82) is 0 Å². The molecule has 0 aliphatic carbocycles. The van der Waals surface area contributed by atoms with E-state index >= 15 is 0 Å². The first kappa shape index (κ1) is 21.8. The largest absolute Gasteiger partial charge is 0.497 e. The van der Waals surface area contributed by atoms with Gasteiger partial charge in [-0.25, -0.2) is 14.6 Å². The van der Waals surface area contributed by atoms with Gasteiger partial charge in [-0.1, -0.05) is 30.3 Å². The highest BCUT2D eigenvalue weighted by molar-refractivity contribution is 6.06. The Balaban J connectivity index is 1.87. The first-order chi connectivity index (χ1) is 14.9. The van der Waals surface area contributed by atoms with Gasteiger partial charge in [0.25, 0.3) is 5.91 Å². The Morgan fingerprint density at radius 2 is 1.77 bits per heavy atom. The summed E-state index contributed by atoms with van der Waals surface area (Å²) in [4.78, 5) is 41.0. The van der Waals surface area contributed by atoms with Crippen LogP contribution in [0.25, 0.3) is 22.2 Å². The number of carbonyl (C=O) groups is 3. The molecule has 160 valence electrons. The highest BCUT2D eigenvalue weighted by Crippen LogP contribution is 2.28. The zero-order valence-electron chi connectivity index (χ0n) is 17.5. The Morgan fingerprint density at radius 1 is 1.03 bits per heavy atom. The number of benzene rings is 2. The minimum absolute atomic E-state index is 0.134. The van der Waals surface area contributed by atoms with E-state index in [1.165, 1.54) is 7.11 Å². The number of esters is 1. The van der Waals surface area contributed by atoms with Crippen LogP contribution in [0, 0.1) is 0 Å². The lowest BCUT2D eigenvalue weighted by atomic mass is 10.0. The number of fused-ring (bicyclic) bond motifs is 1. The zero-order valence-corrected chi connectivity index (χ0v) is 17.5. The van der Waals surface area contributed by atoms with Crippen LogP contribution in [0.2, 0.25) is 0 Å². The summed E-state index contributed by atoms with van der Waals surface area (Å²) >= 11 is 0. The average Bonchev–Trinajstić information content (AvgIpc) is 2.76. The van der Waals surface area contributed by atoms with Gasteiger partial charge < -0.3 is 14.8 Å². The van der Waals surface area contributed by atoms with Crippen LogP contribution in [-0.4, -0.2) is 42.7 Å². The fourth-order valence-electron chi connectivity index (χ4n) is 2.93. The molecule has 2 aromatic carbocycles. The van der Waals surface area contributed by atoms with Gasteiger partial charge in [0.15, 0.2) is 6.61 Å². The smallest absolute Gasteiger partial charge is 0.339 e. The molecule has 0 unspecified atom stereocenters. The quantitative estimate of drug-likeness (QED) is 0.592. The lowest BCUT2D eigenvalue weighted by Crippen LogP contribution is -2.44.